The molecular formula is C17H15N5O3S. The van der Waals surface area contributed by atoms with Crippen molar-refractivity contribution in [1.82, 2.24) is 9.59 Å². The first-order chi connectivity index (χ1) is 12.7. The number of nitrogens with one attached hydrogen (secondary N) is 3. The Morgan fingerprint density at radius 2 is 1.62 bits per heavy atom. The maximum Gasteiger partial charge on any atom is 0.324 e. The van der Waals surface area contributed by atoms with Gasteiger partial charge in [0.25, 0.3) is 5.91 Å². The highest BCUT2D eigenvalue weighted by Gasteiger charge is 2.18. The van der Waals surface area contributed by atoms with E-state index in [1.165, 1.54) is 0 Å². The predicted molar refractivity (Wildman–Crippen MR) is 99.9 cm³/mol. The van der Waals surface area contributed by atoms with Gasteiger partial charge in [-0.2, -0.15) is 0 Å². The van der Waals surface area contributed by atoms with E-state index in [0.29, 0.717) is 17.1 Å². The van der Waals surface area contributed by atoms with E-state index in [4.69, 9.17) is 4.74 Å². The van der Waals surface area contributed by atoms with E-state index < -0.39 is 11.9 Å². The first-order valence-electron chi connectivity index (χ1n) is 7.56. The van der Waals surface area contributed by atoms with Crippen LogP contribution in [0, 0.1) is 0 Å². The topological polar surface area (TPSA) is 105 Å². The lowest BCUT2D eigenvalue weighted by Crippen LogP contribution is -2.21. The molecule has 0 saturated heterocycles. The normalized spacial score (nSPS) is 10.0. The number of urea groups is 1. The van der Waals surface area contributed by atoms with Gasteiger partial charge in [-0.15, -0.1) is 5.10 Å². The number of hydrogen-bond donors (Lipinski definition) is 3. The second kappa shape index (κ2) is 8.08. The SMILES string of the molecule is COc1ccc(NC(=O)c2nnsc2NC(=O)Nc2ccccc2)cc1. The minimum absolute atomic E-state index is 0.0361. The van der Waals surface area contributed by atoms with E-state index in [9.17, 15) is 9.59 Å². The van der Waals surface area contributed by atoms with Crippen molar-refractivity contribution in [2.75, 3.05) is 23.1 Å². The Kier molecular flexibility index (Phi) is 5.40. The van der Waals surface area contributed by atoms with Gasteiger partial charge < -0.3 is 15.4 Å². The number of nitrogens with zero attached hydrogens (tertiary/aromatic N) is 2. The fourth-order valence-electron chi connectivity index (χ4n) is 2.07. The molecular weight excluding hydrogens is 354 g/mol. The van der Waals surface area contributed by atoms with Crippen LogP contribution in [0.2, 0.25) is 0 Å². The van der Waals surface area contributed by atoms with Crippen LogP contribution in [0.5, 0.6) is 5.75 Å². The maximum absolute atomic E-state index is 12.4. The zero-order valence-electron chi connectivity index (χ0n) is 13.7. The summed E-state index contributed by atoms with van der Waals surface area (Å²) in [7, 11) is 1.56. The van der Waals surface area contributed by atoms with Gasteiger partial charge in [-0.25, -0.2) is 4.79 Å². The largest absolute Gasteiger partial charge is 0.497 e. The van der Waals surface area contributed by atoms with Crippen LogP contribution >= 0.6 is 11.5 Å². The molecule has 0 bridgehead atoms. The molecule has 0 aliphatic carbocycles. The van der Waals surface area contributed by atoms with Crippen molar-refractivity contribution in [3.8, 4) is 5.75 Å². The number of rotatable bonds is 5. The van der Waals surface area contributed by atoms with Crippen molar-refractivity contribution in [3.63, 3.8) is 0 Å². The second-order valence-corrected chi connectivity index (χ2v) is 5.83. The zero-order chi connectivity index (χ0) is 18.4. The second-order valence-electron chi connectivity index (χ2n) is 5.08. The summed E-state index contributed by atoms with van der Waals surface area (Å²) in [5.74, 6) is 0.206. The molecule has 0 spiro atoms. The number of anilines is 3. The van der Waals surface area contributed by atoms with Crippen molar-refractivity contribution in [2.45, 2.75) is 0 Å². The van der Waals surface area contributed by atoms with Gasteiger partial charge in [-0.05, 0) is 36.4 Å². The molecule has 1 aromatic heterocycles. The smallest absolute Gasteiger partial charge is 0.324 e. The molecule has 26 heavy (non-hydrogen) atoms. The maximum atomic E-state index is 12.4. The Morgan fingerprint density at radius 3 is 2.31 bits per heavy atom. The number of amides is 3. The van der Waals surface area contributed by atoms with E-state index in [1.54, 1.807) is 55.6 Å². The number of aromatic nitrogens is 2. The molecule has 0 atom stereocenters. The summed E-state index contributed by atoms with van der Waals surface area (Å²) in [6, 6.07) is 15.3. The third kappa shape index (κ3) is 4.33. The summed E-state index contributed by atoms with van der Waals surface area (Å²) >= 11 is 0.920. The van der Waals surface area contributed by atoms with Gasteiger partial charge in [0.1, 0.15) is 5.75 Å². The Hall–Kier alpha value is -3.46. The minimum atomic E-state index is -0.485. The third-order valence-corrected chi connectivity index (χ3v) is 3.95. The van der Waals surface area contributed by atoms with Crippen molar-refractivity contribution in [2.24, 2.45) is 0 Å². The molecule has 0 saturated carbocycles. The lowest BCUT2D eigenvalue weighted by molar-refractivity contribution is 0.102. The molecule has 9 heteroatoms. The van der Waals surface area contributed by atoms with Gasteiger partial charge in [-0.1, -0.05) is 22.7 Å². The van der Waals surface area contributed by atoms with Gasteiger partial charge in [0.2, 0.25) is 0 Å². The van der Waals surface area contributed by atoms with Gasteiger partial charge >= 0.3 is 6.03 Å². The van der Waals surface area contributed by atoms with Gasteiger partial charge in [-0.3, -0.25) is 10.1 Å². The van der Waals surface area contributed by atoms with Crippen LogP contribution in [-0.2, 0) is 0 Å². The molecule has 3 aromatic rings. The predicted octanol–water partition coefficient (Wildman–Crippen LogP) is 3.44. The summed E-state index contributed by atoms with van der Waals surface area (Å²) in [5.41, 5.74) is 1.24. The highest BCUT2D eigenvalue weighted by molar-refractivity contribution is 7.10. The van der Waals surface area contributed by atoms with Gasteiger partial charge in [0.05, 0.1) is 7.11 Å². The fourth-order valence-corrected chi connectivity index (χ4v) is 2.64. The lowest BCUT2D eigenvalue weighted by Gasteiger charge is -2.07. The molecule has 0 unspecified atom stereocenters. The molecule has 0 aliphatic heterocycles. The average molecular weight is 369 g/mol. The molecule has 0 aliphatic rings. The monoisotopic (exact) mass is 369 g/mol. The van der Waals surface area contributed by atoms with Crippen molar-refractivity contribution >= 4 is 39.8 Å². The van der Waals surface area contributed by atoms with Crippen LogP contribution in [0.1, 0.15) is 10.5 Å². The van der Waals surface area contributed by atoms with Crippen molar-refractivity contribution < 1.29 is 14.3 Å². The van der Waals surface area contributed by atoms with Crippen LogP contribution in [0.25, 0.3) is 0 Å². The van der Waals surface area contributed by atoms with Crippen LogP contribution in [0.4, 0.5) is 21.2 Å². The standard InChI is InChI=1S/C17H15N5O3S/c1-25-13-9-7-12(8-10-13)18-15(23)14-16(26-22-21-14)20-17(24)19-11-5-3-2-4-6-11/h2-10H,1H3,(H,18,23)(H2,19,20,24). The average Bonchev–Trinajstić information content (AvgIpc) is 3.11. The first kappa shape index (κ1) is 17.4. The molecule has 8 nitrogen and oxygen atoms in total. The number of hydrogen-bond acceptors (Lipinski definition) is 6. The van der Waals surface area contributed by atoms with Crippen LogP contribution < -0.4 is 20.7 Å². The van der Waals surface area contributed by atoms with Crippen molar-refractivity contribution in [1.29, 1.82) is 0 Å². The third-order valence-electron chi connectivity index (χ3n) is 3.31. The van der Waals surface area contributed by atoms with E-state index in [1.807, 2.05) is 6.07 Å². The number of carbonyl (C=O) groups is 2. The fraction of sp³-hybridized carbons (Fsp3) is 0.0588. The highest BCUT2D eigenvalue weighted by Crippen LogP contribution is 2.21. The minimum Gasteiger partial charge on any atom is -0.497 e. The van der Waals surface area contributed by atoms with E-state index in [2.05, 4.69) is 25.5 Å². The number of benzene rings is 2. The number of para-hydroxylation sites is 1. The Bertz CT molecular complexity index is 896. The zero-order valence-corrected chi connectivity index (χ0v) is 14.5. The molecule has 3 amide bonds. The Balaban J connectivity index is 1.65. The Labute approximate surface area is 153 Å². The summed E-state index contributed by atoms with van der Waals surface area (Å²) in [6.07, 6.45) is 0. The molecule has 0 radical (unpaired) electrons. The lowest BCUT2D eigenvalue weighted by atomic mass is 10.3. The summed E-state index contributed by atoms with van der Waals surface area (Å²) in [5, 5.41) is 12.0. The molecule has 2 aromatic carbocycles. The van der Waals surface area contributed by atoms with Gasteiger partial charge in [0, 0.05) is 22.9 Å². The summed E-state index contributed by atoms with van der Waals surface area (Å²) < 4.78 is 8.81. The molecule has 3 N–H and O–H groups in total. The first-order valence-corrected chi connectivity index (χ1v) is 8.34. The molecule has 132 valence electrons. The van der Waals surface area contributed by atoms with E-state index in [0.717, 1.165) is 11.5 Å². The summed E-state index contributed by atoms with van der Waals surface area (Å²) in [6.45, 7) is 0. The van der Waals surface area contributed by atoms with Crippen LogP contribution in [0.3, 0.4) is 0 Å². The molecule has 0 fully saturated rings. The van der Waals surface area contributed by atoms with Crippen molar-refractivity contribution in [3.05, 3.63) is 60.3 Å². The summed E-state index contributed by atoms with van der Waals surface area (Å²) in [4.78, 5) is 24.4. The molecule has 3 rings (SSSR count). The van der Waals surface area contributed by atoms with Crippen LogP contribution in [0.15, 0.2) is 54.6 Å². The number of ether oxygens (including phenoxy) is 1. The Morgan fingerprint density at radius 1 is 0.923 bits per heavy atom. The quantitative estimate of drug-likeness (QED) is 0.639. The van der Waals surface area contributed by atoms with Crippen LogP contribution in [-0.4, -0.2) is 28.6 Å². The highest BCUT2D eigenvalue weighted by atomic mass is 32.1. The number of methoxy groups -OCH3 is 1. The number of carbonyl (C=O) groups excluding carboxylic acids is 2. The van der Waals surface area contributed by atoms with Gasteiger partial charge in [0.15, 0.2) is 10.7 Å². The van der Waals surface area contributed by atoms with E-state index in [-0.39, 0.29) is 10.7 Å². The van der Waals surface area contributed by atoms with E-state index >= 15 is 0 Å². The molecule has 1 heterocycles.